The van der Waals surface area contributed by atoms with Crippen LogP contribution in [0.15, 0.2) is 10.7 Å². The molecule has 1 aromatic rings. The van der Waals surface area contributed by atoms with Crippen molar-refractivity contribution in [3.63, 3.8) is 0 Å². The third-order valence-electron chi connectivity index (χ3n) is 3.67. The molecule has 1 N–H and O–H groups in total. The number of halogens is 1. The summed E-state index contributed by atoms with van der Waals surface area (Å²) in [5.41, 5.74) is 1.23. The minimum absolute atomic E-state index is 0.00544. The van der Waals surface area contributed by atoms with Crippen LogP contribution in [-0.4, -0.2) is 40.9 Å². The van der Waals surface area contributed by atoms with E-state index in [2.05, 4.69) is 77.7 Å². The van der Waals surface area contributed by atoms with Gasteiger partial charge in [-0.05, 0) is 57.3 Å². The molecule has 0 fully saturated rings. The Morgan fingerprint density at radius 3 is 2.50 bits per heavy atom. The number of likely N-dealkylation sites (N-methyl/N-ethyl adjacent to an activating group) is 2. The van der Waals surface area contributed by atoms with Gasteiger partial charge in [-0.2, -0.15) is 5.10 Å². The Labute approximate surface area is 119 Å². The molecule has 1 heterocycles. The smallest absolute Gasteiger partial charge is 0.0714 e. The molecule has 4 nitrogen and oxygen atoms in total. The van der Waals surface area contributed by atoms with Gasteiger partial charge in [-0.3, -0.25) is 4.68 Å². The van der Waals surface area contributed by atoms with E-state index in [0.29, 0.717) is 0 Å². The van der Waals surface area contributed by atoms with Gasteiger partial charge in [0.05, 0.1) is 22.4 Å². The van der Waals surface area contributed by atoms with E-state index in [9.17, 15) is 0 Å². The number of hydrogen-bond donors (Lipinski definition) is 1. The zero-order valence-electron chi connectivity index (χ0n) is 12.3. The van der Waals surface area contributed by atoms with Gasteiger partial charge in [0.25, 0.3) is 0 Å². The third-order valence-corrected chi connectivity index (χ3v) is 4.28. The molecule has 0 aliphatic heterocycles. The molecule has 1 aromatic heterocycles. The van der Waals surface area contributed by atoms with Gasteiger partial charge in [0.15, 0.2) is 0 Å². The van der Waals surface area contributed by atoms with Gasteiger partial charge in [-0.1, -0.05) is 6.92 Å². The molecule has 1 unspecified atom stereocenters. The average Bonchev–Trinajstić information content (AvgIpc) is 2.66. The van der Waals surface area contributed by atoms with Crippen molar-refractivity contribution >= 4 is 15.9 Å². The van der Waals surface area contributed by atoms with Crippen LogP contribution in [0.5, 0.6) is 0 Å². The molecule has 1 rings (SSSR count). The maximum absolute atomic E-state index is 4.42. The van der Waals surface area contributed by atoms with Crippen molar-refractivity contribution in [1.82, 2.24) is 20.0 Å². The van der Waals surface area contributed by atoms with Gasteiger partial charge < -0.3 is 10.2 Å². The molecule has 0 aliphatic rings. The molecule has 0 aromatic carbocycles. The predicted molar refractivity (Wildman–Crippen MR) is 79.8 cm³/mol. The standard InChI is InChI=1S/C13H25BrN4/c1-7-15-12(13(3,4)17(5)6)11-10(14)9-16-18(11)8-2/h9,12,15H,7-8H2,1-6H3. The zero-order valence-corrected chi connectivity index (χ0v) is 13.9. The second kappa shape index (κ2) is 6.17. The monoisotopic (exact) mass is 316 g/mol. The highest BCUT2D eigenvalue weighted by molar-refractivity contribution is 9.10. The van der Waals surface area contributed by atoms with E-state index >= 15 is 0 Å². The summed E-state index contributed by atoms with van der Waals surface area (Å²) in [5.74, 6) is 0. The summed E-state index contributed by atoms with van der Waals surface area (Å²) in [4.78, 5) is 2.25. The van der Waals surface area contributed by atoms with Crippen molar-refractivity contribution in [3.8, 4) is 0 Å². The van der Waals surface area contributed by atoms with E-state index in [1.165, 1.54) is 5.69 Å². The SMILES string of the molecule is CCNC(c1c(Br)cnn1CC)C(C)(C)N(C)C. The van der Waals surface area contributed by atoms with Crippen molar-refractivity contribution < 1.29 is 0 Å². The van der Waals surface area contributed by atoms with Crippen molar-refractivity contribution in [2.75, 3.05) is 20.6 Å². The fourth-order valence-electron chi connectivity index (χ4n) is 2.05. The van der Waals surface area contributed by atoms with Crippen LogP contribution in [0.25, 0.3) is 0 Å². The molecule has 0 amide bonds. The molecular formula is C13H25BrN4. The molecule has 0 saturated heterocycles. The normalized spacial score (nSPS) is 14.2. The van der Waals surface area contributed by atoms with Crippen LogP contribution < -0.4 is 5.32 Å². The highest BCUT2D eigenvalue weighted by atomic mass is 79.9. The number of rotatable bonds is 6. The van der Waals surface area contributed by atoms with Crippen molar-refractivity contribution in [1.29, 1.82) is 0 Å². The minimum atomic E-state index is 0.00544. The molecule has 0 saturated carbocycles. The first-order chi connectivity index (χ1) is 8.36. The van der Waals surface area contributed by atoms with Crippen LogP contribution in [0.4, 0.5) is 0 Å². The van der Waals surface area contributed by atoms with Gasteiger partial charge >= 0.3 is 0 Å². The second-order valence-electron chi connectivity index (χ2n) is 5.23. The summed E-state index contributed by atoms with van der Waals surface area (Å²) in [6.45, 7) is 10.6. The number of hydrogen-bond acceptors (Lipinski definition) is 3. The molecule has 0 aliphatic carbocycles. The molecule has 1 atom stereocenters. The molecule has 0 bridgehead atoms. The first kappa shape index (κ1) is 15.7. The summed E-state index contributed by atoms with van der Waals surface area (Å²) < 4.78 is 3.13. The van der Waals surface area contributed by atoms with E-state index in [4.69, 9.17) is 0 Å². The lowest BCUT2D eigenvalue weighted by Crippen LogP contribution is -2.50. The molecule has 0 radical (unpaired) electrons. The molecule has 18 heavy (non-hydrogen) atoms. The largest absolute Gasteiger partial charge is 0.307 e. The van der Waals surface area contributed by atoms with Crippen molar-refractivity contribution in [2.45, 2.75) is 45.8 Å². The Balaban J connectivity index is 3.23. The van der Waals surface area contributed by atoms with Crippen molar-refractivity contribution in [3.05, 3.63) is 16.4 Å². The van der Waals surface area contributed by atoms with Gasteiger partial charge in [-0.25, -0.2) is 0 Å². The maximum atomic E-state index is 4.42. The molecule has 104 valence electrons. The van der Waals surface area contributed by atoms with Crippen molar-refractivity contribution in [2.24, 2.45) is 0 Å². The quantitative estimate of drug-likeness (QED) is 0.876. The Hall–Kier alpha value is -0.390. The first-order valence-corrected chi connectivity index (χ1v) is 7.27. The summed E-state index contributed by atoms with van der Waals surface area (Å²) in [5, 5.41) is 8.01. The number of nitrogens with one attached hydrogen (secondary N) is 1. The van der Waals surface area contributed by atoms with Gasteiger partial charge in [-0.15, -0.1) is 0 Å². The van der Waals surface area contributed by atoms with Crippen LogP contribution in [0.2, 0.25) is 0 Å². The molecule has 0 spiro atoms. The first-order valence-electron chi connectivity index (χ1n) is 6.48. The Bertz CT molecular complexity index is 384. The van der Waals surface area contributed by atoms with E-state index in [1.54, 1.807) is 0 Å². The summed E-state index contributed by atoms with van der Waals surface area (Å²) >= 11 is 3.63. The fourth-order valence-corrected chi connectivity index (χ4v) is 2.58. The van der Waals surface area contributed by atoms with Gasteiger partial charge in [0.2, 0.25) is 0 Å². The van der Waals surface area contributed by atoms with Crippen LogP contribution >= 0.6 is 15.9 Å². The lowest BCUT2D eigenvalue weighted by atomic mass is 9.90. The predicted octanol–water partition coefficient (Wildman–Crippen LogP) is 2.66. The van der Waals surface area contributed by atoms with Gasteiger partial charge in [0.1, 0.15) is 0 Å². The number of aromatic nitrogens is 2. The van der Waals surface area contributed by atoms with E-state index in [-0.39, 0.29) is 11.6 Å². The minimum Gasteiger partial charge on any atom is -0.307 e. The van der Waals surface area contributed by atoms with Crippen LogP contribution in [-0.2, 0) is 6.54 Å². The topological polar surface area (TPSA) is 33.1 Å². The zero-order chi connectivity index (χ0) is 13.9. The summed E-state index contributed by atoms with van der Waals surface area (Å²) in [6.07, 6.45) is 1.88. The number of aryl methyl sites for hydroxylation is 1. The summed E-state index contributed by atoms with van der Waals surface area (Å²) in [7, 11) is 4.23. The van der Waals surface area contributed by atoms with Gasteiger partial charge in [0, 0.05) is 12.1 Å². The Kier molecular flexibility index (Phi) is 5.37. The molecule has 5 heteroatoms. The number of nitrogens with zero attached hydrogens (tertiary/aromatic N) is 3. The highest BCUT2D eigenvalue weighted by Crippen LogP contribution is 2.33. The van der Waals surface area contributed by atoms with Crippen LogP contribution in [0.1, 0.15) is 39.4 Å². The maximum Gasteiger partial charge on any atom is 0.0714 e. The highest BCUT2D eigenvalue weighted by Gasteiger charge is 2.35. The summed E-state index contributed by atoms with van der Waals surface area (Å²) in [6, 6.07) is 0.231. The fraction of sp³-hybridized carbons (Fsp3) is 0.769. The molecular weight excluding hydrogens is 292 g/mol. The Morgan fingerprint density at radius 1 is 1.44 bits per heavy atom. The average molecular weight is 317 g/mol. The van der Waals surface area contributed by atoms with Crippen LogP contribution in [0.3, 0.4) is 0 Å². The van der Waals surface area contributed by atoms with E-state index in [0.717, 1.165) is 17.6 Å². The van der Waals surface area contributed by atoms with E-state index < -0.39 is 0 Å². The second-order valence-corrected chi connectivity index (χ2v) is 6.09. The lowest BCUT2D eigenvalue weighted by Gasteiger charge is -2.41. The lowest BCUT2D eigenvalue weighted by molar-refractivity contribution is 0.133. The van der Waals surface area contributed by atoms with E-state index in [1.807, 2.05) is 6.20 Å². The third kappa shape index (κ3) is 2.95. The Morgan fingerprint density at radius 2 is 2.06 bits per heavy atom. The van der Waals surface area contributed by atoms with Crippen LogP contribution in [0, 0.1) is 0 Å².